The molecule has 4 nitrogen and oxygen atoms in total. The van der Waals surface area contributed by atoms with Gasteiger partial charge in [-0.1, -0.05) is 47.5 Å². The molecule has 1 heterocycles. The Hall–Kier alpha value is -2.62. The van der Waals surface area contributed by atoms with Crippen LogP contribution < -0.4 is 5.32 Å². The first-order chi connectivity index (χ1) is 12.9. The molecule has 0 aromatic heterocycles. The molecule has 142 valence electrons. The minimum atomic E-state index is -0.0332. The highest BCUT2D eigenvalue weighted by Crippen LogP contribution is 2.22. The van der Waals surface area contributed by atoms with Gasteiger partial charge in [0.15, 0.2) is 0 Å². The summed E-state index contributed by atoms with van der Waals surface area (Å²) in [6.07, 6.45) is 1.87. The summed E-state index contributed by atoms with van der Waals surface area (Å²) < 4.78 is 0. The van der Waals surface area contributed by atoms with Gasteiger partial charge in [-0.25, -0.2) is 0 Å². The summed E-state index contributed by atoms with van der Waals surface area (Å²) in [5.74, 6) is 0.175. The summed E-state index contributed by atoms with van der Waals surface area (Å²) in [5.41, 5.74) is 5.38. The number of carbonyl (C=O) groups excluding carboxylic acids is 2. The van der Waals surface area contributed by atoms with E-state index in [9.17, 15) is 9.59 Å². The van der Waals surface area contributed by atoms with E-state index in [1.807, 2.05) is 62.1 Å². The Labute approximate surface area is 161 Å². The lowest BCUT2D eigenvalue weighted by molar-refractivity contribution is -0.133. The van der Waals surface area contributed by atoms with Crippen LogP contribution in [0.5, 0.6) is 0 Å². The van der Waals surface area contributed by atoms with Gasteiger partial charge in [-0.3, -0.25) is 9.59 Å². The number of hydrogen-bond donors (Lipinski definition) is 1. The highest BCUT2D eigenvalue weighted by molar-refractivity contribution is 5.93. The molecule has 4 heteroatoms. The molecule has 0 radical (unpaired) electrons. The number of piperidine rings is 1. The van der Waals surface area contributed by atoms with Gasteiger partial charge in [0, 0.05) is 24.7 Å². The number of rotatable bonds is 4. The maximum Gasteiger partial charge on any atom is 0.227 e. The summed E-state index contributed by atoms with van der Waals surface area (Å²) in [7, 11) is 0. The van der Waals surface area contributed by atoms with Gasteiger partial charge < -0.3 is 10.2 Å². The second-order valence-corrected chi connectivity index (χ2v) is 7.63. The number of hydrogen-bond acceptors (Lipinski definition) is 2. The molecule has 0 unspecified atom stereocenters. The van der Waals surface area contributed by atoms with Crippen molar-refractivity contribution in [2.45, 2.75) is 40.0 Å². The molecule has 3 rings (SSSR count). The topological polar surface area (TPSA) is 49.4 Å². The van der Waals surface area contributed by atoms with E-state index in [0.29, 0.717) is 19.5 Å². The van der Waals surface area contributed by atoms with Gasteiger partial charge in [0.05, 0.1) is 6.42 Å². The van der Waals surface area contributed by atoms with Crippen molar-refractivity contribution in [3.05, 3.63) is 64.7 Å². The molecule has 1 fully saturated rings. The standard InChI is InChI=1S/C23H28N2O2/c1-16-4-7-19(8-5-16)15-22(26)25-12-10-20(11-13-25)23(27)24-21-9-6-17(2)14-18(21)3/h4-9,14,20H,10-13,15H2,1-3H3,(H,24,27). The number of amides is 2. The third-order valence-corrected chi connectivity index (χ3v) is 5.33. The number of anilines is 1. The van der Waals surface area contributed by atoms with Gasteiger partial charge in [-0.15, -0.1) is 0 Å². The predicted octanol–water partition coefficient (Wildman–Crippen LogP) is 4.03. The molecule has 2 aromatic carbocycles. The predicted molar refractivity (Wildman–Crippen MR) is 109 cm³/mol. The van der Waals surface area contributed by atoms with Crippen molar-refractivity contribution in [3.8, 4) is 0 Å². The van der Waals surface area contributed by atoms with E-state index in [4.69, 9.17) is 0 Å². The van der Waals surface area contributed by atoms with Crippen molar-refractivity contribution in [3.63, 3.8) is 0 Å². The molecular weight excluding hydrogens is 336 g/mol. The van der Waals surface area contributed by atoms with Crippen LogP contribution in [0, 0.1) is 26.7 Å². The molecule has 0 atom stereocenters. The minimum Gasteiger partial charge on any atom is -0.342 e. The van der Waals surface area contributed by atoms with Crippen molar-refractivity contribution in [2.75, 3.05) is 18.4 Å². The third-order valence-electron chi connectivity index (χ3n) is 5.33. The van der Waals surface area contributed by atoms with Crippen LogP contribution in [-0.4, -0.2) is 29.8 Å². The van der Waals surface area contributed by atoms with Crippen LogP contribution in [0.3, 0.4) is 0 Å². The molecule has 2 aromatic rings. The van der Waals surface area contributed by atoms with E-state index >= 15 is 0 Å². The Balaban J connectivity index is 1.51. The Bertz CT molecular complexity index is 819. The minimum absolute atomic E-state index is 0.0332. The van der Waals surface area contributed by atoms with Crippen LogP contribution in [0.2, 0.25) is 0 Å². The van der Waals surface area contributed by atoms with Crippen molar-refractivity contribution in [1.82, 2.24) is 4.90 Å². The lowest BCUT2D eigenvalue weighted by atomic mass is 9.95. The van der Waals surface area contributed by atoms with Gasteiger partial charge in [0.1, 0.15) is 0 Å². The fourth-order valence-electron chi connectivity index (χ4n) is 3.57. The summed E-state index contributed by atoms with van der Waals surface area (Å²) in [4.78, 5) is 27.0. The number of aryl methyl sites for hydroxylation is 3. The molecule has 1 aliphatic heterocycles. The van der Waals surface area contributed by atoms with Crippen LogP contribution in [0.4, 0.5) is 5.69 Å². The number of likely N-dealkylation sites (tertiary alicyclic amines) is 1. The van der Waals surface area contributed by atoms with Gasteiger partial charge in [0.25, 0.3) is 0 Å². The smallest absolute Gasteiger partial charge is 0.227 e. The number of nitrogens with zero attached hydrogens (tertiary/aromatic N) is 1. The third kappa shape index (κ3) is 4.97. The van der Waals surface area contributed by atoms with Gasteiger partial charge in [0.2, 0.25) is 11.8 Å². The Kier molecular flexibility index (Phi) is 5.94. The van der Waals surface area contributed by atoms with E-state index in [1.165, 1.54) is 11.1 Å². The fourth-order valence-corrected chi connectivity index (χ4v) is 3.57. The first kappa shape index (κ1) is 19.2. The molecule has 2 amide bonds. The molecule has 1 aliphatic rings. The summed E-state index contributed by atoms with van der Waals surface area (Å²) in [5, 5.41) is 3.05. The van der Waals surface area contributed by atoms with Gasteiger partial charge in [-0.2, -0.15) is 0 Å². The average molecular weight is 364 g/mol. The van der Waals surface area contributed by atoms with Gasteiger partial charge in [-0.05, 0) is 50.8 Å². The van der Waals surface area contributed by atoms with Crippen molar-refractivity contribution < 1.29 is 9.59 Å². The first-order valence-corrected chi connectivity index (χ1v) is 9.64. The van der Waals surface area contributed by atoms with Gasteiger partial charge >= 0.3 is 0 Å². The highest BCUT2D eigenvalue weighted by atomic mass is 16.2. The number of carbonyl (C=O) groups is 2. The SMILES string of the molecule is Cc1ccc(CC(=O)N2CCC(C(=O)Nc3ccc(C)cc3C)CC2)cc1. The van der Waals surface area contributed by atoms with E-state index in [2.05, 4.69) is 11.4 Å². The normalized spacial score (nSPS) is 14.9. The summed E-state index contributed by atoms with van der Waals surface area (Å²) >= 11 is 0. The molecule has 0 spiro atoms. The summed E-state index contributed by atoms with van der Waals surface area (Å²) in [6.45, 7) is 7.39. The van der Waals surface area contributed by atoms with Crippen LogP contribution >= 0.6 is 0 Å². The molecule has 0 saturated carbocycles. The lowest BCUT2D eigenvalue weighted by Gasteiger charge is -2.31. The molecule has 0 aliphatic carbocycles. The molecule has 27 heavy (non-hydrogen) atoms. The first-order valence-electron chi connectivity index (χ1n) is 9.64. The fraction of sp³-hybridized carbons (Fsp3) is 0.391. The average Bonchev–Trinajstić information content (AvgIpc) is 2.66. The monoisotopic (exact) mass is 364 g/mol. The van der Waals surface area contributed by atoms with E-state index in [1.54, 1.807) is 0 Å². The van der Waals surface area contributed by atoms with E-state index in [0.717, 1.165) is 29.7 Å². The van der Waals surface area contributed by atoms with Crippen molar-refractivity contribution in [1.29, 1.82) is 0 Å². The van der Waals surface area contributed by atoms with Crippen LogP contribution in [0.1, 0.15) is 35.1 Å². The van der Waals surface area contributed by atoms with Crippen LogP contribution in [0.25, 0.3) is 0 Å². The number of benzene rings is 2. The molecule has 1 N–H and O–H groups in total. The molecule has 0 bridgehead atoms. The quantitative estimate of drug-likeness (QED) is 0.890. The Morgan fingerprint density at radius 1 is 0.963 bits per heavy atom. The zero-order valence-corrected chi connectivity index (χ0v) is 16.4. The largest absolute Gasteiger partial charge is 0.342 e. The number of nitrogens with one attached hydrogen (secondary N) is 1. The second kappa shape index (κ2) is 8.38. The maximum absolute atomic E-state index is 12.6. The molecular formula is C23H28N2O2. The zero-order valence-electron chi connectivity index (χ0n) is 16.4. The van der Waals surface area contributed by atoms with Crippen LogP contribution in [0.15, 0.2) is 42.5 Å². The maximum atomic E-state index is 12.6. The van der Waals surface area contributed by atoms with E-state index < -0.39 is 0 Å². The van der Waals surface area contributed by atoms with Crippen molar-refractivity contribution in [2.24, 2.45) is 5.92 Å². The Morgan fingerprint density at radius 2 is 1.59 bits per heavy atom. The Morgan fingerprint density at radius 3 is 2.22 bits per heavy atom. The van der Waals surface area contributed by atoms with Crippen molar-refractivity contribution >= 4 is 17.5 Å². The zero-order chi connectivity index (χ0) is 19.4. The molecule has 1 saturated heterocycles. The highest BCUT2D eigenvalue weighted by Gasteiger charge is 2.27. The second-order valence-electron chi connectivity index (χ2n) is 7.63. The van der Waals surface area contributed by atoms with E-state index in [-0.39, 0.29) is 17.7 Å². The summed E-state index contributed by atoms with van der Waals surface area (Å²) in [6, 6.07) is 14.1. The lowest BCUT2D eigenvalue weighted by Crippen LogP contribution is -2.42. The van der Waals surface area contributed by atoms with Crippen LogP contribution in [-0.2, 0) is 16.0 Å².